The van der Waals surface area contributed by atoms with Crippen LogP contribution < -0.4 is 14.8 Å². The lowest BCUT2D eigenvalue weighted by Crippen LogP contribution is -2.26. The first kappa shape index (κ1) is 16.8. The molecule has 2 heterocycles. The fraction of sp³-hybridized carbons (Fsp3) is 0.333. The third-order valence-electron chi connectivity index (χ3n) is 5.07. The van der Waals surface area contributed by atoms with Gasteiger partial charge < -0.3 is 14.8 Å². The Morgan fingerprint density at radius 2 is 1.77 bits per heavy atom. The number of piperidine rings is 1. The zero-order chi connectivity index (χ0) is 17.9. The summed E-state index contributed by atoms with van der Waals surface area (Å²) in [6.07, 6.45) is 4.22. The van der Waals surface area contributed by atoms with Gasteiger partial charge in [-0.2, -0.15) is 0 Å². The van der Waals surface area contributed by atoms with Crippen LogP contribution in [0.5, 0.6) is 11.5 Å². The first-order valence-electron chi connectivity index (χ1n) is 8.98. The van der Waals surface area contributed by atoms with Crippen LogP contribution in [0, 0.1) is 0 Å². The zero-order valence-electron chi connectivity index (χ0n) is 15.2. The Labute approximate surface area is 153 Å². The minimum Gasteiger partial charge on any atom is -0.497 e. The molecule has 5 heteroatoms. The summed E-state index contributed by atoms with van der Waals surface area (Å²) in [5.74, 6) is 2.80. The highest BCUT2D eigenvalue weighted by atomic mass is 16.5. The number of benzene rings is 2. The fourth-order valence-corrected chi connectivity index (χ4v) is 3.56. The van der Waals surface area contributed by atoms with E-state index in [1.807, 2.05) is 18.3 Å². The molecule has 0 unspecified atom stereocenters. The van der Waals surface area contributed by atoms with E-state index in [1.165, 1.54) is 18.4 Å². The smallest absolute Gasteiger partial charge is 0.159 e. The van der Waals surface area contributed by atoms with Gasteiger partial charge in [-0.15, -0.1) is 0 Å². The molecule has 134 valence electrons. The Morgan fingerprint density at radius 1 is 1.00 bits per heavy atom. The molecule has 2 aromatic carbocycles. The Morgan fingerprint density at radius 3 is 2.46 bits per heavy atom. The number of nitrogens with one attached hydrogen (secondary N) is 1. The molecular weight excluding hydrogens is 326 g/mol. The van der Waals surface area contributed by atoms with Crippen LogP contribution in [0.3, 0.4) is 0 Å². The largest absolute Gasteiger partial charge is 0.497 e. The summed E-state index contributed by atoms with van der Waals surface area (Å²) in [6, 6.07) is 12.4. The van der Waals surface area contributed by atoms with Gasteiger partial charge in [0.15, 0.2) is 5.82 Å². The van der Waals surface area contributed by atoms with Crippen LogP contribution in [0.25, 0.3) is 22.3 Å². The van der Waals surface area contributed by atoms with E-state index < -0.39 is 0 Å². The van der Waals surface area contributed by atoms with Crippen LogP contribution in [-0.4, -0.2) is 37.3 Å². The molecule has 3 aromatic rings. The molecule has 1 aliphatic heterocycles. The van der Waals surface area contributed by atoms with Crippen molar-refractivity contribution in [2.45, 2.75) is 18.8 Å². The van der Waals surface area contributed by atoms with E-state index in [0.717, 1.165) is 35.3 Å². The lowest BCUT2D eigenvalue weighted by molar-refractivity contribution is 0.397. The number of methoxy groups -OCH3 is 2. The molecule has 1 aliphatic rings. The average Bonchev–Trinajstić information content (AvgIpc) is 2.73. The molecule has 5 nitrogen and oxygen atoms in total. The number of aromatic nitrogens is 2. The van der Waals surface area contributed by atoms with Crippen molar-refractivity contribution in [3.8, 4) is 22.9 Å². The Hall–Kier alpha value is -2.66. The minimum absolute atomic E-state index is 0.649. The maximum atomic E-state index is 5.43. The minimum atomic E-state index is 0.649. The van der Waals surface area contributed by atoms with Crippen molar-refractivity contribution in [3.05, 3.63) is 48.2 Å². The van der Waals surface area contributed by atoms with Crippen molar-refractivity contribution >= 4 is 10.9 Å². The third-order valence-corrected chi connectivity index (χ3v) is 5.07. The first-order valence-corrected chi connectivity index (χ1v) is 8.98. The van der Waals surface area contributed by atoms with Crippen molar-refractivity contribution in [2.75, 3.05) is 27.3 Å². The summed E-state index contributed by atoms with van der Waals surface area (Å²) in [5.41, 5.74) is 3.24. The van der Waals surface area contributed by atoms with Crippen molar-refractivity contribution in [3.63, 3.8) is 0 Å². The Kier molecular flexibility index (Phi) is 4.71. The molecule has 26 heavy (non-hydrogen) atoms. The van der Waals surface area contributed by atoms with Gasteiger partial charge in [-0.3, -0.25) is 0 Å². The molecule has 0 saturated carbocycles. The molecule has 0 bridgehead atoms. The monoisotopic (exact) mass is 349 g/mol. The van der Waals surface area contributed by atoms with Crippen molar-refractivity contribution in [1.82, 2.24) is 15.3 Å². The molecule has 1 N–H and O–H groups in total. The predicted molar refractivity (Wildman–Crippen MR) is 103 cm³/mol. The van der Waals surface area contributed by atoms with Gasteiger partial charge in [0.25, 0.3) is 0 Å². The second-order valence-corrected chi connectivity index (χ2v) is 6.60. The number of fused-ring (bicyclic) bond motifs is 1. The van der Waals surface area contributed by atoms with Gasteiger partial charge in [-0.05, 0) is 37.4 Å². The van der Waals surface area contributed by atoms with E-state index in [4.69, 9.17) is 14.5 Å². The molecule has 0 radical (unpaired) electrons. The van der Waals surface area contributed by atoms with E-state index >= 15 is 0 Å². The highest BCUT2D eigenvalue weighted by Crippen LogP contribution is 2.31. The second-order valence-electron chi connectivity index (χ2n) is 6.60. The van der Waals surface area contributed by atoms with Gasteiger partial charge >= 0.3 is 0 Å². The Bertz CT molecular complexity index is 903. The number of ether oxygens (including phenoxy) is 2. The standard InChI is InChI=1S/C21H23N3O2/c1-25-17-11-19-18(20(12-17)26-2)13-23-21(24-19)16-5-3-14(4-6-16)15-7-9-22-10-8-15/h3-6,11-13,15,22H,7-10H2,1-2H3. The summed E-state index contributed by atoms with van der Waals surface area (Å²) in [4.78, 5) is 9.27. The van der Waals surface area contributed by atoms with E-state index in [1.54, 1.807) is 14.2 Å². The summed E-state index contributed by atoms with van der Waals surface area (Å²) in [7, 11) is 3.28. The second kappa shape index (κ2) is 7.30. The van der Waals surface area contributed by atoms with Crippen LogP contribution in [-0.2, 0) is 0 Å². The normalized spacial score (nSPS) is 15.2. The summed E-state index contributed by atoms with van der Waals surface area (Å²) >= 11 is 0. The topological polar surface area (TPSA) is 56.3 Å². The number of nitrogens with zero attached hydrogens (tertiary/aromatic N) is 2. The quantitative estimate of drug-likeness (QED) is 0.777. The van der Waals surface area contributed by atoms with Crippen LogP contribution in [0.1, 0.15) is 24.3 Å². The van der Waals surface area contributed by atoms with Crippen molar-refractivity contribution in [1.29, 1.82) is 0 Å². The van der Waals surface area contributed by atoms with Crippen molar-refractivity contribution in [2.24, 2.45) is 0 Å². The van der Waals surface area contributed by atoms with E-state index in [9.17, 15) is 0 Å². The van der Waals surface area contributed by atoms with Gasteiger partial charge in [0, 0.05) is 23.9 Å². The fourth-order valence-electron chi connectivity index (χ4n) is 3.56. The highest BCUT2D eigenvalue weighted by Gasteiger charge is 2.15. The third kappa shape index (κ3) is 3.22. The molecule has 0 aliphatic carbocycles. The van der Waals surface area contributed by atoms with Gasteiger partial charge in [-0.25, -0.2) is 9.97 Å². The maximum Gasteiger partial charge on any atom is 0.159 e. The molecular formula is C21H23N3O2. The number of hydrogen-bond donors (Lipinski definition) is 1. The lowest BCUT2D eigenvalue weighted by atomic mass is 9.90. The predicted octanol–water partition coefficient (Wildman–Crippen LogP) is 3.78. The van der Waals surface area contributed by atoms with Gasteiger partial charge in [0.1, 0.15) is 11.5 Å². The SMILES string of the molecule is COc1cc(OC)c2cnc(-c3ccc(C4CCNCC4)cc3)nc2c1. The van der Waals surface area contributed by atoms with Gasteiger partial charge in [0.05, 0.1) is 25.1 Å². The lowest BCUT2D eigenvalue weighted by Gasteiger charge is -2.23. The molecule has 1 fully saturated rings. The average molecular weight is 349 g/mol. The number of rotatable bonds is 4. The van der Waals surface area contributed by atoms with Crippen LogP contribution in [0.4, 0.5) is 0 Å². The van der Waals surface area contributed by atoms with Gasteiger partial charge in [-0.1, -0.05) is 24.3 Å². The van der Waals surface area contributed by atoms with Crippen LogP contribution >= 0.6 is 0 Å². The van der Waals surface area contributed by atoms with E-state index in [0.29, 0.717) is 17.5 Å². The van der Waals surface area contributed by atoms with E-state index in [2.05, 4.69) is 34.6 Å². The van der Waals surface area contributed by atoms with E-state index in [-0.39, 0.29) is 0 Å². The zero-order valence-corrected chi connectivity index (χ0v) is 15.2. The number of hydrogen-bond acceptors (Lipinski definition) is 5. The van der Waals surface area contributed by atoms with Crippen molar-refractivity contribution < 1.29 is 9.47 Å². The summed E-state index contributed by atoms with van der Waals surface area (Å²) in [5, 5.41) is 4.30. The van der Waals surface area contributed by atoms with Gasteiger partial charge in [0.2, 0.25) is 0 Å². The maximum absolute atomic E-state index is 5.43. The molecule has 0 spiro atoms. The summed E-state index contributed by atoms with van der Waals surface area (Å²) in [6.45, 7) is 2.20. The molecule has 1 saturated heterocycles. The molecule has 0 atom stereocenters. The molecule has 0 amide bonds. The first-order chi connectivity index (χ1) is 12.8. The Balaban J connectivity index is 1.67. The summed E-state index contributed by atoms with van der Waals surface area (Å²) < 4.78 is 10.8. The molecule has 4 rings (SSSR count). The molecule has 1 aromatic heterocycles. The highest BCUT2D eigenvalue weighted by molar-refractivity contribution is 5.87. The van der Waals surface area contributed by atoms with Crippen LogP contribution in [0.15, 0.2) is 42.6 Å². The van der Waals surface area contributed by atoms with Crippen LogP contribution in [0.2, 0.25) is 0 Å².